The Morgan fingerprint density at radius 2 is 1.17 bits per heavy atom. The summed E-state index contributed by atoms with van der Waals surface area (Å²) in [5.41, 5.74) is -0.289. The number of hydrogen-bond donors (Lipinski definition) is 0. The average Bonchev–Trinajstić information content (AvgIpc) is 2.87. The summed E-state index contributed by atoms with van der Waals surface area (Å²) in [7, 11) is 0. The molecule has 0 aromatic heterocycles. The second kappa shape index (κ2) is 19.3. The van der Waals surface area contributed by atoms with Crippen molar-refractivity contribution in [3.63, 3.8) is 0 Å². The second-order valence-electron chi connectivity index (χ2n) is 10.6. The summed E-state index contributed by atoms with van der Waals surface area (Å²) >= 11 is 0. The fraction of sp³-hybridized carbons (Fsp3) is 0.750. The van der Waals surface area contributed by atoms with Crippen molar-refractivity contribution in [2.45, 2.75) is 143 Å². The number of ether oxygens (including phenoxy) is 2. The molecule has 0 bridgehead atoms. The lowest BCUT2D eigenvalue weighted by atomic mass is 9.82. The minimum Gasteiger partial charge on any atom is -0.465 e. The van der Waals surface area contributed by atoms with E-state index < -0.39 is 17.4 Å². The molecule has 0 aliphatic rings. The van der Waals surface area contributed by atoms with Gasteiger partial charge in [-0.25, -0.2) is 0 Å². The number of benzene rings is 1. The van der Waals surface area contributed by atoms with Gasteiger partial charge in [0.15, 0.2) is 5.41 Å². The van der Waals surface area contributed by atoms with Crippen LogP contribution in [0.15, 0.2) is 24.3 Å². The Labute approximate surface area is 221 Å². The molecular weight excluding hydrogens is 448 g/mol. The van der Waals surface area contributed by atoms with E-state index in [0.717, 1.165) is 18.4 Å². The summed E-state index contributed by atoms with van der Waals surface area (Å²) in [6, 6.07) is 7.54. The molecule has 0 saturated carbocycles. The predicted octanol–water partition coefficient (Wildman–Crippen LogP) is 9.55. The van der Waals surface area contributed by atoms with Gasteiger partial charge in [0.05, 0.1) is 6.61 Å². The van der Waals surface area contributed by atoms with E-state index in [1.165, 1.54) is 77.0 Å². The number of rotatable bonds is 21. The Bertz CT molecular complexity index is 721. The molecule has 4 nitrogen and oxygen atoms in total. The summed E-state index contributed by atoms with van der Waals surface area (Å²) in [4.78, 5) is 26.1. The van der Waals surface area contributed by atoms with Gasteiger partial charge < -0.3 is 9.47 Å². The van der Waals surface area contributed by atoms with Gasteiger partial charge in [0.1, 0.15) is 5.75 Å². The molecule has 0 heterocycles. The van der Waals surface area contributed by atoms with Crippen LogP contribution in [0.4, 0.5) is 0 Å². The van der Waals surface area contributed by atoms with E-state index in [4.69, 9.17) is 9.47 Å². The van der Waals surface area contributed by atoms with Crippen LogP contribution in [0.2, 0.25) is 0 Å². The summed E-state index contributed by atoms with van der Waals surface area (Å²) < 4.78 is 11.4. The molecule has 0 atom stereocenters. The van der Waals surface area contributed by atoms with Crippen LogP contribution in [0.5, 0.6) is 5.75 Å². The zero-order valence-corrected chi connectivity index (χ0v) is 24.0. The van der Waals surface area contributed by atoms with Crippen molar-refractivity contribution in [3.8, 4) is 5.75 Å². The highest BCUT2D eigenvalue weighted by atomic mass is 16.6. The van der Waals surface area contributed by atoms with E-state index in [1.807, 2.05) is 32.0 Å². The quantitative estimate of drug-likeness (QED) is 0.0726. The van der Waals surface area contributed by atoms with Crippen molar-refractivity contribution < 1.29 is 19.1 Å². The molecule has 0 spiro atoms. The molecule has 0 fully saturated rings. The molecule has 0 aliphatic carbocycles. The molecule has 1 aromatic carbocycles. The Morgan fingerprint density at radius 1 is 0.694 bits per heavy atom. The number of unbranched alkanes of at least 4 members (excludes halogenated alkanes) is 13. The first-order chi connectivity index (χ1) is 17.4. The third-order valence-corrected chi connectivity index (χ3v) is 7.46. The Kier molecular flexibility index (Phi) is 17.3. The van der Waals surface area contributed by atoms with Crippen molar-refractivity contribution in [1.29, 1.82) is 0 Å². The third kappa shape index (κ3) is 11.5. The lowest BCUT2D eigenvalue weighted by molar-refractivity contribution is -0.168. The Hall–Kier alpha value is -1.84. The number of carbonyl (C=O) groups is 2. The van der Waals surface area contributed by atoms with Crippen LogP contribution in [0, 0.1) is 5.41 Å². The average molecular weight is 503 g/mol. The largest absolute Gasteiger partial charge is 0.465 e. The maximum atomic E-state index is 13.2. The highest BCUT2D eigenvalue weighted by Gasteiger charge is 2.46. The molecule has 0 amide bonds. The number of para-hydroxylation sites is 1. The first-order valence-corrected chi connectivity index (χ1v) is 14.9. The molecule has 0 N–H and O–H groups in total. The van der Waals surface area contributed by atoms with Gasteiger partial charge in [-0.05, 0) is 36.8 Å². The fourth-order valence-corrected chi connectivity index (χ4v) is 4.76. The Balaban J connectivity index is 2.28. The molecule has 0 saturated heterocycles. The summed E-state index contributed by atoms with van der Waals surface area (Å²) in [5.74, 6) is -0.205. The van der Waals surface area contributed by atoms with Crippen molar-refractivity contribution in [2.24, 2.45) is 5.41 Å². The molecular formula is C32H54O4. The maximum absolute atomic E-state index is 13.2. The van der Waals surface area contributed by atoms with Crippen molar-refractivity contribution >= 4 is 11.9 Å². The molecule has 0 unspecified atom stereocenters. The molecule has 36 heavy (non-hydrogen) atoms. The van der Waals surface area contributed by atoms with Crippen molar-refractivity contribution in [2.75, 3.05) is 6.61 Å². The first-order valence-electron chi connectivity index (χ1n) is 14.9. The van der Waals surface area contributed by atoms with Crippen LogP contribution in [-0.4, -0.2) is 18.5 Å². The van der Waals surface area contributed by atoms with Crippen LogP contribution in [-0.2, 0) is 14.3 Å². The van der Waals surface area contributed by atoms with Gasteiger partial charge in [-0.2, -0.15) is 0 Å². The van der Waals surface area contributed by atoms with Gasteiger partial charge in [0.25, 0.3) is 0 Å². The highest BCUT2D eigenvalue weighted by Crippen LogP contribution is 2.33. The molecule has 0 aliphatic heterocycles. The van der Waals surface area contributed by atoms with Crippen molar-refractivity contribution in [3.05, 3.63) is 29.8 Å². The Morgan fingerprint density at radius 3 is 1.64 bits per heavy atom. The van der Waals surface area contributed by atoms with Gasteiger partial charge in [-0.3, -0.25) is 9.59 Å². The fourth-order valence-electron chi connectivity index (χ4n) is 4.76. The third-order valence-electron chi connectivity index (χ3n) is 7.46. The van der Waals surface area contributed by atoms with Gasteiger partial charge in [-0.1, -0.05) is 136 Å². The predicted molar refractivity (Wildman–Crippen MR) is 150 cm³/mol. The monoisotopic (exact) mass is 502 g/mol. The minimum atomic E-state index is -1.25. The van der Waals surface area contributed by atoms with Gasteiger partial charge in [-0.15, -0.1) is 0 Å². The highest BCUT2D eigenvalue weighted by molar-refractivity contribution is 6.00. The van der Waals surface area contributed by atoms with Crippen LogP contribution in [0.1, 0.15) is 149 Å². The lowest BCUT2D eigenvalue weighted by Gasteiger charge is -2.27. The summed E-state index contributed by atoms with van der Waals surface area (Å²) in [5, 5.41) is 0. The van der Waals surface area contributed by atoms with E-state index >= 15 is 0 Å². The zero-order chi connectivity index (χ0) is 26.7. The van der Waals surface area contributed by atoms with Crippen LogP contribution >= 0.6 is 0 Å². The van der Waals surface area contributed by atoms with Gasteiger partial charge >= 0.3 is 11.9 Å². The van der Waals surface area contributed by atoms with Crippen molar-refractivity contribution in [1.82, 2.24) is 0 Å². The van der Waals surface area contributed by atoms with Crippen LogP contribution < -0.4 is 4.74 Å². The van der Waals surface area contributed by atoms with E-state index in [-0.39, 0.29) is 5.92 Å². The van der Waals surface area contributed by atoms with E-state index in [1.54, 1.807) is 6.07 Å². The van der Waals surface area contributed by atoms with E-state index in [9.17, 15) is 9.59 Å². The normalized spacial score (nSPS) is 11.6. The smallest absolute Gasteiger partial charge is 0.328 e. The van der Waals surface area contributed by atoms with E-state index in [0.29, 0.717) is 25.2 Å². The van der Waals surface area contributed by atoms with E-state index in [2.05, 4.69) is 20.8 Å². The summed E-state index contributed by atoms with van der Waals surface area (Å²) in [6.45, 7) is 10.5. The standard InChI is InChI=1S/C32H54O4/c1-6-9-10-11-12-13-14-15-16-17-18-19-20-23-26-35-30(33)32(7-2,8-3)31(34)36-29-25-22-21-24-28(29)27(4)5/h21-22,24-25,27H,6-20,23,26H2,1-5H3. The molecule has 206 valence electrons. The maximum Gasteiger partial charge on any atom is 0.328 e. The number of esters is 2. The molecule has 4 heteroatoms. The molecule has 1 aromatic rings. The number of hydrogen-bond acceptors (Lipinski definition) is 4. The lowest BCUT2D eigenvalue weighted by Crippen LogP contribution is -2.42. The van der Waals surface area contributed by atoms with Crippen LogP contribution in [0.3, 0.4) is 0 Å². The van der Waals surface area contributed by atoms with Gasteiger partial charge in [0, 0.05) is 0 Å². The molecule has 1 rings (SSSR count). The second-order valence-corrected chi connectivity index (χ2v) is 10.6. The van der Waals surface area contributed by atoms with Crippen LogP contribution in [0.25, 0.3) is 0 Å². The SMILES string of the molecule is CCCCCCCCCCCCCCCCOC(=O)C(CC)(CC)C(=O)Oc1ccccc1C(C)C. The first kappa shape index (κ1) is 32.2. The minimum absolute atomic E-state index is 0.221. The topological polar surface area (TPSA) is 52.6 Å². The summed E-state index contributed by atoms with van der Waals surface area (Å²) in [6.07, 6.45) is 18.7. The number of carbonyl (C=O) groups excluding carboxylic acids is 2. The zero-order valence-electron chi connectivity index (χ0n) is 24.0. The molecule has 0 radical (unpaired) electrons. The van der Waals surface area contributed by atoms with Gasteiger partial charge in [0.2, 0.25) is 0 Å².